The number of hydrogen-bond acceptors (Lipinski definition) is 4. The number of piperazine rings is 1. The van der Waals surface area contributed by atoms with E-state index < -0.39 is 0 Å². The molecule has 16 heavy (non-hydrogen) atoms. The molecule has 1 aromatic heterocycles. The number of nitrogens with one attached hydrogen (secondary N) is 1. The Morgan fingerprint density at radius 3 is 2.75 bits per heavy atom. The number of nitrogens with zero attached hydrogens (tertiary/aromatic N) is 3. The van der Waals surface area contributed by atoms with E-state index in [-0.39, 0.29) is 0 Å². The van der Waals surface area contributed by atoms with Crippen LogP contribution in [0.2, 0.25) is 0 Å². The topological polar surface area (TPSA) is 59.1 Å². The Morgan fingerprint density at radius 1 is 1.44 bits per heavy atom. The van der Waals surface area contributed by atoms with Gasteiger partial charge in [-0.25, -0.2) is 4.98 Å². The zero-order chi connectivity index (χ0) is 11.5. The Balaban J connectivity index is 2.08. The number of anilines is 1. The highest BCUT2D eigenvalue weighted by atomic mass is 15.2. The predicted octanol–water partition coefficient (Wildman–Crippen LogP) is 0.451. The molecule has 90 valence electrons. The van der Waals surface area contributed by atoms with Crippen LogP contribution < -0.4 is 11.1 Å². The molecule has 2 rings (SSSR count). The number of nitrogens with two attached hydrogens (primary N) is 1. The van der Waals surface area contributed by atoms with Crippen molar-refractivity contribution >= 4 is 5.82 Å². The number of hydrogen-bond donors (Lipinski definition) is 2. The molecule has 5 heteroatoms. The van der Waals surface area contributed by atoms with E-state index in [2.05, 4.69) is 33.6 Å². The van der Waals surface area contributed by atoms with Gasteiger partial charge < -0.3 is 15.6 Å². The lowest BCUT2D eigenvalue weighted by Gasteiger charge is -2.27. The van der Waals surface area contributed by atoms with Gasteiger partial charge in [-0.3, -0.25) is 4.90 Å². The van der Waals surface area contributed by atoms with E-state index in [9.17, 15) is 0 Å². The van der Waals surface area contributed by atoms with Crippen molar-refractivity contribution in [3.63, 3.8) is 0 Å². The van der Waals surface area contributed by atoms with Gasteiger partial charge in [0.15, 0.2) is 0 Å². The van der Waals surface area contributed by atoms with E-state index in [1.165, 1.54) is 0 Å². The average molecular weight is 223 g/mol. The minimum atomic E-state index is 0.375. The third-order valence-electron chi connectivity index (χ3n) is 2.99. The van der Waals surface area contributed by atoms with Gasteiger partial charge in [-0.2, -0.15) is 0 Å². The summed E-state index contributed by atoms with van der Waals surface area (Å²) < 4.78 is 2.11. The summed E-state index contributed by atoms with van der Waals surface area (Å²) in [6, 6.07) is 0.375. The number of imidazole rings is 1. The molecule has 1 saturated heterocycles. The maximum Gasteiger partial charge on any atom is 0.124 e. The molecule has 1 fully saturated rings. The standard InChI is InChI=1S/C11H21N5/c1-9(2)16-10(12)7-14-11(16)8-15-5-3-13-4-6-15/h7,9,13H,3-6,8,12H2,1-2H3. The molecule has 5 nitrogen and oxygen atoms in total. The van der Waals surface area contributed by atoms with Gasteiger partial charge in [-0.15, -0.1) is 0 Å². The lowest BCUT2D eigenvalue weighted by Crippen LogP contribution is -2.43. The maximum absolute atomic E-state index is 5.92. The van der Waals surface area contributed by atoms with Gasteiger partial charge in [0.25, 0.3) is 0 Å². The molecular formula is C11H21N5. The number of aromatic nitrogens is 2. The quantitative estimate of drug-likeness (QED) is 0.781. The lowest BCUT2D eigenvalue weighted by molar-refractivity contribution is 0.224. The van der Waals surface area contributed by atoms with Crippen molar-refractivity contribution in [2.75, 3.05) is 31.9 Å². The molecule has 2 heterocycles. The van der Waals surface area contributed by atoms with Gasteiger partial charge in [0.05, 0.1) is 12.7 Å². The second-order valence-corrected chi connectivity index (χ2v) is 4.59. The molecule has 1 aromatic rings. The molecule has 0 saturated carbocycles. The fraction of sp³-hybridized carbons (Fsp3) is 0.727. The Kier molecular flexibility index (Phi) is 3.46. The van der Waals surface area contributed by atoms with Crippen LogP contribution in [0, 0.1) is 0 Å². The van der Waals surface area contributed by atoms with Crippen LogP contribution in [0.1, 0.15) is 25.7 Å². The highest BCUT2D eigenvalue weighted by Crippen LogP contribution is 2.16. The predicted molar refractivity (Wildman–Crippen MR) is 65.2 cm³/mol. The molecule has 0 aromatic carbocycles. The van der Waals surface area contributed by atoms with Crippen LogP contribution in [-0.2, 0) is 6.54 Å². The third kappa shape index (κ3) is 2.36. The monoisotopic (exact) mass is 223 g/mol. The van der Waals surface area contributed by atoms with E-state index in [1.54, 1.807) is 6.20 Å². The third-order valence-corrected chi connectivity index (χ3v) is 2.99. The van der Waals surface area contributed by atoms with Crippen LogP contribution in [0.5, 0.6) is 0 Å². The first-order valence-corrected chi connectivity index (χ1v) is 5.93. The zero-order valence-electron chi connectivity index (χ0n) is 10.1. The molecule has 0 radical (unpaired) electrons. The fourth-order valence-electron chi connectivity index (χ4n) is 2.20. The van der Waals surface area contributed by atoms with Crippen molar-refractivity contribution in [1.29, 1.82) is 0 Å². The molecule has 0 amide bonds. The smallest absolute Gasteiger partial charge is 0.124 e. The van der Waals surface area contributed by atoms with Crippen molar-refractivity contribution in [3.05, 3.63) is 12.0 Å². The Bertz CT molecular complexity index is 338. The van der Waals surface area contributed by atoms with Gasteiger partial charge in [-0.1, -0.05) is 0 Å². The lowest BCUT2D eigenvalue weighted by atomic mass is 10.3. The van der Waals surface area contributed by atoms with Crippen molar-refractivity contribution in [3.8, 4) is 0 Å². The normalized spacial score (nSPS) is 18.2. The van der Waals surface area contributed by atoms with E-state index in [0.717, 1.165) is 44.4 Å². The highest BCUT2D eigenvalue weighted by molar-refractivity contribution is 5.28. The summed E-state index contributed by atoms with van der Waals surface area (Å²) in [6.07, 6.45) is 1.76. The summed E-state index contributed by atoms with van der Waals surface area (Å²) >= 11 is 0. The summed E-state index contributed by atoms with van der Waals surface area (Å²) in [5.74, 6) is 1.84. The number of nitrogen functional groups attached to an aromatic ring is 1. The largest absolute Gasteiger partial charge is 0.384 e. The number of rotatable bonds is 3. The van der Waals surface area contributed by atoms with Crippen LogP contribution in [0.15, 0.2) is 6.20 Å². The van der Waals surface area contributed by atoms with Crippen molar-refractivity contribution < 1.29 is 0 Å². The Hall–Kier alpha value is -1.07. The van der Waals surface area contributed by atoms with Crippen molar-refractivity contribution in [2.24, 2.45) is 0 Å². The molecule has 1 aliphatic heterocycles. The van der Waals surface area contributed by atoms with Crippen LogP contribution >= 0.6 is 0 Å². The zero-order valence-corrected chi connectivity index (χ0v) is 10.1. The van der Waals surface area contributed by atoms with Crippen molar-refractivity contribution in [2.45, 2.75) is 26.4 Å². The van der Waals surface area contributed by atoms with Crippen LogP contribution in [-0.4, -0.2) is 40.6 Å². The van der Waals surface area contributed by atoms with E-state index in [0.29, 0.717) is 6.04 Å². The summed E-state index contributed by atoms with van der Waals surface area (Å²) in [7, 11) is 0. The highest BCUT2D eigenvalue weighted by Gasteiger charge is 2.15. The summed E-state index contributed by atoms with van der Waals surface area (Å²) in [5.41, 5.74) is 5.92. The molecule has 0 unspecified atom stereocenters. The second-order valence-electron chi connectivity index (χ2n) is 4.59. The van der Waals surface area contributed by atoms with E-state index in [1.807, 2.05) is 0 Å². The van der Waals surface area contributed by atoms with E-state index >= 15 is 0 Å². The Labute approximate surface area is 96.6 Å². The van der Waals surface area contributed by atoms with Gasteiger partial charge in [-0.05, 0) is 13.8 Å². The van der Waals surface area contributed by atoms with Crippen LogP contribution in [0.4, 0.5) is 5.82 Å². The minimum absolute atomic E-state index is 0.375. The first kappa shape index (κ1) is 11.4. The SMILES string of the molecule is CC(C)n1c(N)cnc1CN1CCNCC1. The Morgan fingerprint density at radius 2 is 2.12 bits per heavy atom. The maximum atomic E-state index is 5.92. The van der Waals surface area contributed by atoms with Gasteiger partial charge in [0, 0.05) is 32.2 Å². The first-order valence-electron chi connectivity index (χ1n) is 5.93. The minimum Gasteiger partial charge on any atom is -0.384 e. The summed E-state index contributed by atoms with van der Waals surface area (Å²) in [4.78, 5) is 6.82. The van der Waals surface area contributed by atoms with Crippen LogP contribution in [0.3, 0.4) is 0 Å². The molecule has 0 bridgehead atoms. The average Bonchev–Trinajstić information content (AvgIpc) is 2.61. The van der Waals surface area contributed by atoms with Crippen molar-refractivity contribution in [1.82, 2.24) is 19.8 Å². The molecular weight excluding hydrogens is 202 g/mol. The first-order chi connectivity index (χ1) is 7.68. The molecule has 0 atom stereocenters. The van der Waals surface area contributed by atoms with Crippen LogP contribution in [0.25, 0.3) is 0 Å². The van der Waals surface area contributed by atoms with E-state index in [4.69, 9.17) is 5.73 Å². The molecule has 3 N–H and O–H groups in total. The summed E-state index contributed by atoms with van der Waals surface area (Å²) in [5, 5.41) is 3.35. The molecule has 0 spiro atoms. The van der Waals surface area contributed by atoms with Gasteiger partial charge >= 0.3 is 0 Å². The summed E-state index contributed by atoms with van der Waals surface area (Å²) in [6.45, 7) is 9.49. The second kappa shape index (κ2) is 4.84. The molecule has 1 aliphatic rings. The molecule has 0 aliphatic carbocycles. The van der Waals surface area contributed by atoms with Gasteiger partial charge in [0.2, 0.25) is 0 Å². The fourth-order valence-corrected chi connectivity index (χ4v) is 2.20. The van der Waals surface area contributed by atoms with Gasteiger partial charge in [0.1, 0.15) is 11.6 Å².